The van der Waals surface area contributed by atoms with Gasteiger partial charge in [-0.3, -0.25) is 9.59 Å². The molecule has 2 aliphatic rings. The molecule has 7 nitrogen and oxygen atoms in total. The maximum Gasteiger partial charge on any atom is 0.251 e. The molecule has 0 bridgehead atoms. The van der Waals surface area contributed by atoms with Gasteiger partial charge in [-0.2, -0.15) is 0 Å². The number of benzene rings is 2. The largest absolute Gasteiger partial charge is 0.497 e. The van der Waals surface area contributed by atoms with Crippen LogP contribution in [0.1, 0.15) is 54.4 Å². The predicted octanol–water partition coefficient (Wildman–Crippen LogP) is 3.41. The van der Waals surface area contributed by atoms with Crippen molar-refractivity contribution in [2.45, 2.75) is 50.1 Å². The quantitative estimate of drug-likeness (QED) is 0.454. The van der Waals surface area contributed by atoms with Gasteiger partial charge in [0.2, 0.25) is 5.91 Å². The lowest BCUT2D eigenvalue weighted by atomic mass is 10.1. The number of amides is 2. The minimum absolute atomic E-state index is 0.0368. The first-order valence-electron chi connectivity index (χ1n) is 13.2. The van der Waals surface area contributed by atoms with E-state index < -0.39 is 11.9 Å². The van der Waals surface area contributed by atoms with Crippen LogP contribution in [-0.2, 0) is 4.79 Å². The van der Waals surface area contributed by atoms with E-state index in [9.17, 15) is 14.0 Å². The molecule has 0 unspecified atom stereocenters. The Morgan fingerprint density at radius 1 is 1.05 bits per heavy atom. The maximum atomic E-state index is 13.3. The molecule has 8 heteroatoms. The predicted molar refractivity (Wildman–Crippen MR) is 142 cm³/mol. The zero-order valence-electron chi connectivity index (χ0n) is 22.1. The highest BCUT2D eigenvalue weighted by molar-refractivity contribution is 5.97. The Balaban J connectivity index is 1.28. The first kappa shape index (κ1) is 27.1. The average Bonchev–Trinajstić information content (AvgIpc) is 3.59. The molecule has 4 rings (SSSR count). The highest BCUT2D eigenvalue weighted by Crippen LogP contribution is 2.51. The number of nitrogens with one attached hydrogen (secondary N) is 2. The van der Waals surface area contributed by atoms with Crippen molar-refractivity contribution in [3.8, 4) is 5.75 Å². The minimum Gasteiger partial charge on any atom is -0.497 e. The second-order valence-corrected chi connectivity index (χ2v) is 10.5. The summed E-state index contributed by atoms with van der Waals surface area (Å²) in [4.78, 5) is 30.2. The lowest BCUT2D eigenvalue weighted by Gasteiger charge is -2.34. The van der Waals surface area contributed by atoms with Gasteiger partial charge in [0.15, 0.2) is 0 Å². The van der Waals surface area contributed by atoms with E-state index in [0.29, 0.717) is 31.0 Å². The molecular formula is C29H39FN4O3. The van der Waals surface area contributed by atoms with Crippen LogP contribution in [0.4, 0.5) is 4.39 Å². The fraction of sp³-hybridized carbons (Fsp3) is 0.517. The standard InChI is InChI=1S/C29H39FN4O3/c1-29(20-25(29)21-9-13-24(37-3)14-10-21)31-15-5-4-6-26(28(36)34-18-16-33(2)17-19-34)32-27(35)22-7-11-23(30)12-8-22/h7-14,25-26,31H,4-6,15-20H2,1-3H3,(H,32,35)/t25-,26-,29+/m0/s1. The number of unbranched alkanes of at least 4 members (excludes halogenated alkanes) is 1. The van der Waals surface area contributed by atoms with E-state index in [-0.39, 0.29) is 17.4 Å². The Kier molecular flexibility index (Phi) is 8.82. The van der Waals surface area contributed by atoms with Crippen LogP contribution in [0.2, 0.25) is 0 Å². The lowest BCUT2D eigenvalue weighted by molar-refractivity contribution is -0.135. The molecule has 37 heavy (non-hydrogen) atoms. The van der Waals surface area contributed by atoms with Gasteiger partial charge >= 0.3 is 0 Å². The Hall–Kier alpha value is -2.97. The summed E-state index contributed by atoms with van der Waals surface area (Å²) in [6, 6.07) is 13.1. The van der Waals surface area contributed by atoms with Gasteiger partial charge in [0.1, 0.15) is 17.6 Å². The third kappa shape index (κ3) is 7.08. The van der Waals surface area contributed by atoms with Gasteiger partial charge in [-0.1, -0.05) is 12.1 Å². The van der Waals surface area contributed by atoms with Gasteiger partial charge in [-0.15, -0.1) is 0 Å². The summed E-state index contributed by atoms with van der Waals surface area (Å²) >= 11 is 0. The number of carbonyl (C=O) groups excluding carboxylic acids is 2. The molecule has 1 heterocycles. The Morgan fingerprint density at radius 3 is 2.38 bits per heavy atom. The van der Waals surface area contributed by atoms with E-state index in [0.717, 1.165) is 44.6 Å². The Labute approximate surface area is 219 Å². The fourth-order valence-electron chi connectivity index (χ4n) is 5.08. The van der Waals surface area contributed by atoms with E-state index >= 15 is 0 Å². The molecule has 2 aromatic rings. The van der Waals surface area contributed by atoms with Gasteiger partial charge in [0.25, 0.3) is 5.91 Å². The van der Waals surface area contributed by atoms with Crippen molar-refractivity contribution in [3.05, 3.63) is 65.5 Å². The van der Waals surface area contributed by atoms with E-state index in [1.54, 1.807) is 7.11 Å². The molecule has 2 N–H and O–H groups in total. The molecule has 2 amide bonds. The summed E-state index contributed by atoms with van der Waals surface area (Å²) in [6.45, 7) is 6.06. The normalized spacial score (nSPS) is 22.4. The summed E-state index contributed by atoms with van der Waals surface area (Å²) in [5.74, 6) is 0.572. The number of ether oxygens (including phenoxy) is 1. The van der Waals surface area contributed by atoms with Crippen LogP contribution in [0, 0.1) is 5.82 Å². The average molecular weight is 511 g/mol. The smallest absolute Gasteiger partial charge is 0.251 e. The zero-order valence-corrected chi connectivity index (χ0v) is 22.1. The number of hydrogen-bond donors (Lipinski definition) is 2. The zero-order chi connectivity index (χ0) is 26.4. The van der Waals surface area contributed by atoms with Crippen molar-refractivity contribution >= 4 is 11.8 Å². The molecule has 3 atom stereocenters. The van der Waals surface area contributed by atoms with Crippen LogP contribution in [-0.4, -0.2) is 80.1 Å². The summed E-state index contributed by atoms with van der Waals surface area (Å²) < 4.78 is 18.5. The highest BCUT2D eigenvalue weighted by Gasteiger charge is 2.50. The molecule has 2 aromatic carbocycles. The summed E-state index contributed by atoms with van der Waals surface area (Å²) in [7, 11) is 3.72. The fourth-order valence-corrected chi connectivity index (χ4v) is 5.08. The van der Waals surface area contributed by atoms with Crippen LogP contribution in [0.15, 0.2) is 48.5 Å². The third-order valence-electron chi connectivity index (χ3n) is 7.73. The number of rotatable bonds is 11. The second kappa shape index (κ2) is 12.0. The monoisotopic (exact) mass is 510 g/mol. The summed E-state index contributed by atoms with van der Waals surface area (Å²) in [5.41, 5.74) is 1.75. The SMILES string of the molecule is COc1ccc([C@@H]2C[C@@]2(C)NCCCC[C@H](NC(=O)c2ccc(F)cc2)C(=O)N2CCN(C)CC2)cc1. The topological polar surface area (TPSA) is 73.9 Å². The van der Waals surface area contributed by atoms with Gasteiger partial charge in [-0.25, -0.2) is 4.39 Å². The third-order valence-corrected chi connectivity index (χ3v) is 7.73. The van der Waals surface area contributed by atoms with Gasteiger partial charge in [-0.05, 0) is 88.2 Å². The number of methoxy groups -OCH3 is 1. The Morgan fingerprint density at radius 2 is 1.73 bits per heavy atom. The van der Waals surface area contributed by atoms with Crippen LogP contribution >= 0.6 is 0 Å². The molecule has 1 saturated heterocycles. The summed E-state index contributed by atoms with van der Waals surface area (Å²) in [6.07, 6.45) is 3.38. The molecule has 2 fully saturated rings. The maximum absolute atomic E-state index is 13.3. The first-order valence-corrected chi connectivity index (χ1v) is 13.2. The van der Waals surface area contributed by atoms with Crippen molar-refractivity contribution < 1.29 is 18.7 Å². The summed E-state index contributed by atoms with van der Waals surface area (Å²) in [5, 5.41) is 6.62. The number of nitrogens with zero attached hydrogens (tertiary/aromatic N) is 2. The van der Waals surface area contributed by atoms with E-state index in [2.05, 4.69) is 34.6 Å². The lowest BCUT2D eigenvalue weighted by Crippen LogP contribution is -2.54. The van der Waals surface area contributed by atoms with E-state index in [1.165, 1.54) is 29.8 Å². The Bertz CT molecular complexity index is 1050. The van der Waals surface area contributed by atoms with Crippen molar-refractivity contribution in [3.63, 3.8) is 0 Å². The van der Waals surface area contributed by atoms with E-state index in [1.807, 2.05) is 24.1 Å². The highest BCUT2D eigenvalue weighted by atomic mass is 19.1. The molecule has 1 aliphatic carbocycles. The molecule has 0 aromatic heterocycles. The number of carbonyl (C=O) groups is 2. The number of likely N-dealkylation sites (N-methyl/N-ethyl adjacent to an activating group) is 1. The van der Waals surface area contributed by atoms with Gasteiger partial charge in [0.05, 0.1) is 7.11 Å². The first-order chi connectivity index (χ1) is 17.8. The second-order valence-electron chi connectivity index (χ2n) is 10.5. The number of hydrogen-bond acceptors (Lipinski definition) is 5. The number of piperazine rings is 1. The molecule has 0 spiro atoms. The van der Waals surface area contributed by atoms with Gasteiger partial charge in [0, 0.05) is 43.2 Å². The molecule has 0 radical (unpaired) electrons. The molecular weight excluding hydrogens is 471 g/mol. The van der Waals surface area contributed by atoms with Crippen LogP contribution in [0.25, 0.3) is 0 Å². The molecule has 1 aliphatic heterocycles. The van der Waals surface area contributed by atoms with Crippen molar-refractivity contribution in [1.29, 1.82) is 0 Å². The van der Waals surface area contributed by atoms with Crippen LogP contribution in [0.3, 0.4) is 0 Å². The molecule has 1 saturated carbocycles. The van der Waals surface area contributed by atoms with Crippen molar-refractivity contribution in [2.75, 3.05) is 46.9 Å². The van der Waals surface area contributed by atoms with Crippen molar-refractivity contribution in [2.24, 2.45) is 0 Å². The molecule has 200 valence electrons. The van der Waals surface area contributed by atoms with Crippen LogP contribution < -0.4 is 15.4 Å². The van der Waals surface area contributed by atoms with E-state index in [4.69, 9.17) is 4.74 Å². The van der Waals surface area contributed by atoms with Gasteiger partial charge < -0.3 is 25.2 Å². The van der Waals surface area contributed by atoms with Crippen molar-refractivity contribution in [1.82, 2.24) is 20.4 Å². The number of halogens is 1. The minimum atomic E-state index is -0.593. The van der Waals surface area contributed by atoms with Crippen LogP contribution in [0.5, 0.6) is 5.75 Å².